The molecular formula is C19H20O2. The van der Waals surface area contributed by atoms with Crippen molar-refractivity contribution in [3.05, 3.63) is 59.7 Å². The fraction of sp³-hybridized carbons (Fsp3) is 0.316. The highest BCUT2D eigenvalue weighted by molar-refractivity contribution is 5.59. The Kier molecular flexibility index (Phi) is 3.54. The van der Waals surface area contributed by atoms with Crippen molar-refractivity contribution in [3.8, 4) is 11.5 Å². The first-order chi connectivity index (χ1) is 10.1. The summed E-state index contributed by atoms with van der Waals surface area (Å²) in [7, 11) is 0. The van der Waals surface area contributed by atoms with Crippen LogP contribution in [0.3, 0.4) is 0 Å². The van der Waals surface area contributed by atoms with Gasteiger partial charge in [0, 0.05) is 11.3 Å². The Balaban J connectivity index is 1.84. The first-order valence-electron chi connectivity index (χ1n) is 7.44. The van der Waals surface area contributed by atoms with Gasteiger partial charge in [-0.15, -0.1) is 0 Å². The molecule has 1 atom stereocenters. The summed E-state index contributed by atoms with van der Waals surface area (Å²) in [5.74, 6) is 1.74. The molecule has 1 fully saturated rings. The lowest BCUT2D eigenvalue weighted by Gasteiger charge is -2.19. The molecule has 108 valence electrons. The largest absolute Gasteiger partial charge is 0.457 e. The van der Waals surface area contributed by atoms with Crippen LogP contribution < -0.4 is 4.74 Å². The van der Waals surface area contributed by atoms with Crippen LogP contribution in [0.4, 0.5) is 0 Å². The average molecular weight is 280 g/mol. The van der Waals surface area contributed by atoms with E-state index in [1.165, 1.54) is 11.1 Å². The van der Waals surface area contributed by atoms with Crippen molar-refractivity contribution < 1.29 is 9.53 Å². The predicted octanol–water partition coefficient (Wildman–Crippen LogP) is 4.65. The zero-order valence-electron chi connectivity index (χ0n) is 12.5. The number of rotatable bonds is 5. The molecule has 0 heterocycles. The fourth-order valence-corrected chi connectivity index (χ4v) is 2.88. The summed E-state index contributed by atoms with van der Waals surface area (Å²) in [6.45, 7) is 4.07. The molecule has 21 heavy (non-hydrogen) atoms. The molecule has 0 saturated heterocycles. The van der Waals surface area contributed by atoms with Gasteiger partial charge in [0.1, 0.15) is 17.8 Å². The van der Waals surface area contributed by atoms with E-state index in [9.17, 15) is 4.79 Å². The van der Waals surface area contributed by atoms with Gasteiger partial charge in [0.05, 0.1) is 0 Å². The maximum absolute atomic E-state index is 11.1. The third-order valence-electron chi connectivity index (χ3n) is 4.53. The monoisotopic (exact) mass is 280 g/mol. The van der Waals surface area contributed by atoms with Gasteiger partial charge in [-0.05, 0) is 49.6 Å². The van der Waals surface area contributed by atoms with E-state index in [2.05, 4.69) is 19.1 Å². The van der Waals surface area contributed by atoms with E-state index in [1.807, 2.05) is 43.3 Å². The molecule has 2 aromatic carbocycles. The second kappa shape index (κ2) is 5.36. The molecule has 1 unspecified atom stereocenters. The molecule has 2 aromatic rings. The summed E-state index contributed by atoms with van der Waals surface area (Å²) in [5, 5.41) is 0. The van der Waals surface area contributed by atoms with E-state index >= 15 is 0 Å². The van der Waals surface area contributed by atoms with Crippen molar-refractivity contribution in [1.82, 2.24) is 0 Å². The van der Waals surface area contributed by atoms with Crippen LogP contribution in [0.2, 0.25) is 0 Å². The Morgan fingerprint density at radius 1 is 1.10 bits per heavy atom. The highest BCUT2D eigenvalue weighted by atomic mass is 16.5. The second-order valence-electron chi connectivity index (χ2n) is 6.02. The van der Waals surface area contributed by atoms with E-state index < -0.39 is 0 Å². The SMILES string of the molecule is Cc1ccc(Oc2cccc(C3(C(C)C=O)CC3)c2)cc1. The van der Waals surface area contributed by atoms with E-state index in [0.29, 0.717) is 0 Å². The molecule has 1 aliphatic rings. The minimum absolute atomic E-state index is 0.0361. The molecule has 0 amide bonds. The zero-order valence-corrected chi connectivity index (χ0v) is 12.5. The lowest BCUT2D eigenvalue weighted by molar-refractivity contribution is -0.111. The van der Waals surface area contributed by atoms with Crippen molar-refractivity contribution in [2.24, 2.45) is 5.92 Å². The molecule has 0 bridgehead atoms. The minimum Gasteiger partial charge on any atom is -0.457 e. The van der Waals surface area contributed by atoms with Crippen molar-refractivity contribution in [2.75, 3.05) is 0 Å². The van der Waals surface area contributed by atoms with Gasteiger partial charge in [-0.3, -0.25) is 0 Å². The van der Waals surface area contributed by atoms with E-state index in [4.69, 9.17) is 4.74 Å². The molecule has 2 nitrogen and oxygen atoms in total. The van der Waals surface area contributed by atoms with Crippen LogP contribution in [0.1, 0.15) is 30.9 Å². The molecule has 1 aliphatic carbocycles. The Hall–Kier alpha value is -2.09. The molecule has 0 aliphatic heterocycles. The quantitative estimate of drug-likeness (QED) is 0.745. The van der Waals surface area contributed by atoms with Gasteiger partial charge in [0.15, 0.2) is 0 Å². The maximum Gasteiger partial charge on any atom is 0.127 e. The third kappa shape index (κ3) is 2.71. The number of hydrogen-bond acceptors (Lipinski definition) is 2. The number of ether oxygens (including phenoxy) is 1. The van der Waals surface area contributed by atoms with Gasteiger partial charge in [0.25, 0.3) is 0 Å². The highest BCUT2D eigenvalue weighted by Gasteiger charge is 2.48. The molecule has 0 N–H and O–H groups in total. The van der Waals surface area contributed by atoms with Crippen LogP contribution in [-0.2, 0) is 10.2 Å². The third-order valence-corrected chi connectivity index (χ3v) is 4.53. The Morgan fingerprint density at radius 2 is 1.81 bits per heavy atom. The van der Waals surface area contributed by atoms with Gasteiger partial charge >= 0.3 is 0 Å². The summed E-state index contributed by atoms with van der Waals surface area (Å²) in [5.41, 5.74) is 2.47. The average Bonchev–Trinajstić information content (AvgIpc) is 3.31. The van der Waals surface area contributed by atoms with Gasteiger partial charge in [0.2, 0.25) is 0 Å². The molecule has 1 saturated carbocycles. The predicted molar refractivity (Wildman–Crippen MR) is 83.8 cm³/mol. The van der Waals surface area contributed by atoms with Crippen LogP contribution in [0, 0.1) is 12.8 Å². The van der Waals surface area contributed by atoms with Gasteiger partial charge in [-0.25, -0.2) is 0 Å². The summed E-state index contributed by atoms with van der Waals surface area (Å²) in [6, 6.07) is 16.2. The lowest BCUT2D eigenvalue weighted by Crippen LogP contribution is -2.18. The van der Waals surface area contributed by atoms with E-state index in [-0.39, 0.29) is 11.3 Å². The van der Waals surface area contributed by atoms with Crippen molar-refractivity contribution in [1.29, 1.82) is 0 Å². The van der Waals surface area contributed by atoms with Gasteiger partial charge < -0.3 is 9.53 Å². The van der Waals surface area contributed by atoms with Crippen LogP contribution in [0.5, 0.6) is 11.5 Å². The van der Waals surface area contributed by atoms with E-state index in [0.717, 1.165) is 30.6 Å². The summed E-state index contributed by atoms with van der Waals surface area (Å²) in [4.78, 5) is 11.1. The molecule has 0 spiro atoms. The molecular weight excluding hydrogens is 260 g/mol. The topological polar surface area (TPSA) is 26.3 Å². The summed E-state index contributed by atoms with van der Waals surface area (Å²) < 4.78 is 5.92. The van der Waals surface area contributed by atoms with Crippen molar-refractivity contribution >= 4 is 6.29 Å². The maximum atomic E-state index is 11.1. The van der Waals surface area contributed by atoms with Crippen LogP contribution in [0.25, 0.3) is 0 Å². The number of aryl methyl sites for hydroxylation is 1. The summed E-state index contributed by atoms with van der Waals surface area (Å²) in [6.07, 6.45) is 3.24. The number of carbonyl (C=O) groups excluding carboxylic acids is 1. The minimum atomic E-state index is 0.0361. The van der Waals surface area contributed by atoms with Crippen molar-refractivity contribution in [3.63, 3.8) is 0 Å². The number of aldehydes is 1. The lowest BCUT2D eigenvalue weighted by atomic mass is 9.84. The number of carbonyl (C=O) groups is 1. The van der Waals surface area contributed by atoms with E-state index in [1.54, 1.807) is 0 Å². The van der Waals surface area contributed by atoms with Gasteiger partial charge in [-0.2, -0.15) is 0 Å². The molecule has 0 aromatic heterocycles. The number of hydrogen-bond donors (Lipinski definition) is 0. The highest BCUT2D eigenvalue weighted by Crippen LogP contribution is 2.53. The summed E-state index contributed by atoms with van der Waals surface area (Å²) >= 11 is 0. The standard InChI is InChI=1S/C19H20O2/c1-14-6-8-17(9-7-14)21-18-5-3-4-16(12-18)19(10-11-19)15(2)13-20/h3-9,12-13,15H,10-11H2,1-2H3. The Morgan fingerprint density at radius 3 is 2.43 bits per heavy atom. The van der Waals surface area contributed by atoms with Crippen LogP contribution in [0.15, 0.2) is 48.5 Å². The van der Waals surface area contributed by atoms with Crippen LogP contribution >= 0.6 is 0 Å². The Bertz CT molecular complexity index is 639. The fourth-order valence-electron chi connectivity index (χ4n) is 2.88. The first-order valence-corrected chi connectivity index (χ1v) is 7.44. The molecule has 3 rings (SSSR count). The van der Waals surface area contributed by atoms with Crippen molar-refractivity contribution in [2.45, 2.75) is 32.1 Å². The smallest absolute Gasteiger partial charge is 0.127 e. The van der Waals surface area contributed by atoms with Crippen LogP contribution in [-0.4, -0.2) is 6.29 Å². The molecule has 2 heteroatoms. The normalized spacial score (nSPS) is 17.0. The molecule has 0 radical (unpaired) electrons. The number of benzene rings is 2. The zero-order chi connectivity index (χ0) is 14.9. The Labute approximate surface area is 125 Å². The van der Waals surface area contributed by atoms with Gasteiger partial charge in [-0.1, -0.05) is 36.8 Å². The second-order valence-corrected chi connectivity index (χ2v) is 6.02. The first kappa shape index (κ1) is 13.9.